The Morgan fingerprint density at radius 2 is 2.05 bits per heavy atom. The smallest absolute Gasteiger partial charge is 0.217 e. The Labute approximate surface area is 122 Å². The van der Waals surface area contributed by atoms with Crippen LogP contribution in [-0.2, 0) is 9.59 Å². The molecule has 3 heteroatoms. The number of ketones is 1. The number of carbonyl (C=O) groups excluding carboxylic acids is 2. The largest absolute Gasteiger partial charge is 0.353 e. The summed E-state index contributed by atoms with van der Waals surface area (Å²) in [7, 11) is 0. The average Bonchev–Trinajstić information content (AvgIpc) is 2.37. The highest BCUT2D eigenvalue weighted by molar-refractivity contribution is 5.92. The molecule has 0 aromatic carbocycles. The monoisotopic (exact) mass is 277 g/mol. The van der Waals surface area contributed by atoms with Gasteiger partial charge in [-0.25, -0.2) is 0 Å². The van der Waals surface area contributed by atoms with Crippen molar-refractivity contribution in [2.45, 2.75) is 59.9 Å². The second kappa shape index (κ2) is 6.87. The molecule has 1 unspecified atom stereocenters. The molecule has 0 aromatic rings. The predicted molar refractivity (Wildman–Crippen MR) is 82.3 cm³/mol. The lowest BCUT2D eigenvalue weighted by Gasteiger charge is -2.23. The molecule has 0 aliphatic heterocycles. The van der Waals surface area contributed by atoms with Gasteiger partial charge in [0.1, 0.15) is 0 Å². The van der Waals surface area contributed by atoms with Gasteiger partial charge in [-0.15, -0.1) is 0 Å². The van der Waals surface area contributed by atoms with Gasteiger partial charge in [0, 0.05) is 18.9 Å². The summed E-state index contributed by atoms with van der Waals surface area (Å²) in [5, 5.41) is 2.92. The fourth-order valence-corrected chi connectivity index (χ4v) is 2.36. The molecule has 0 heterocycles. The summed E-state index contributed by atoms with van der Waals surface area (Å²) in [4.78, 5) is 23.6. The van der Waals surface area contributed by atoms with Crippen LogP contribution in [0.4, 0.5) is 0 Å². The number of amides is 1. The van der Waals surface area contributed by atoms with Crippen LogP contribution < -0.4 is 5.32 Å². The lowest BCUT2D eigenvalue weighted by atomic mass is 9.87. The molecule has 0 saturated carbocycles. The summed E-state index contributed by atoms with van der Waals surface area (Å²) in [5.41, 5.74) is 1.31. The van der Waals surface area contributed by atoms with Crippen LogP contribution in [0.2, 0.25) is 0 Å². The summed E-state index contributed by atoms with van der Waals surface area (Å²) >= 11 is 0. The standard InChI is InChI=1S/C17H27NO2/c1-12-6-7-15(18-14(3)19)13(2)16(20)9-11-17(4,5)10-8-12/h8-9,11,13,15H,6-7,10H2,1-5H3,(H,18,19)/b11-9+,12-8+/t13-,15?/m0/s1. The maximum absolute atomic E-state index is 12.3. The van der Waals surface area contributed by atoms with Crippen molar-refractivity contribution in [3.63, 3.8) is 0 Å². The number of allylic oxidation sites excluding steroid dienone is 4. The van der Waals surface area contributed by atoms with Gasteiger partial charge >= 0.3 is 0 Å². The third-order valence-electron chi connectivity index (χ3n) is 3.97. The summed E-state index contributed by atoms with van der Waals surface area (Å²) < 4.78 is 0. The highest BCUT2D eigenvalue weighted by atomic mass is 16.1. The molecule has 0 bridgehead atoms. The van der Waals surface area contributed by atoms with Gasteiger partial charge in [-0.3, -0.25) is 9.59 Å². The molecular formula is C17H27NO2. The number of hydrogen-bond donors (Lipinski definition) is 1. The molecule has 112 valence electrons. The Bertz CT molecular complexity index is 432. The summed E-state index contributed by atoms with van der Waals surface area (Å²) in [6.07, 6.45) is 8.58. The minimum atomic E-state index is -0.183. The number of rotatable bonds is 1. The van der Waals surface area contributed by atoms with Crippen molar-refractivity contribution in [3.8, 4) is 0 Å². The van der Waals surface area contributed by atoms with Gasteiger partial charge in [0.05, 0.1) is 0 Å². The molecule has 0 aromatic heterocycles. The van der Waals surface area contributed by atoms with E-state index in [0.29, 0.717) is 0 Å². The van der Waals surface area contributed by atoms with Gasteiger partial charge in [-0.05, 0) is 37.7 Å². The first-order valence-corrected chi connectivity index (χ1v) is 7.37. The third kappa shape index (κ3) is 5.32. The minimum Gasteiger partial charge on any atom is -0.353 e. The topological polar surface area (TPSA) is 46.2 Å². The number of nitrogens with one attached hydrogen (secondary N) is 1. The van der Waals surface area contributed by atoms with Crippen LogP contribution in [0.5, 0.6) is 0 Å². The van der Waals surface area contributed by atoms with Crippen molar-refractivity contribution in [3.05, 3.63) is 23.8 Å². The number of hydrogen-bond acceptors (Lipinski definition) is 2. The maximum atomic E-state index is 12.3. The Hall–Kier alpha value is -1.38. The molecule has 0 saturated heterocycles. The number of carbonyl (C=O) groups is 2. The van der Waals surface area contributed by atoms with Crippen molar-refractivity contribution in [1.29, 1.82) is 0 Å². The van der Waals surface area contributed by atoms with Crippen LogP contribution in [0.3, 0.4) is 0 Å². The van der Waals surface area contributed by atoms with Crippen LogP contribution in [0.15, 0.2) is 23.8 Å². The summed E-state index contributed by atoms with van der Waals surface area (Å²) in [5.74, 6) is -0.163. The lowest BCUT2D eigenvalue weighted by Crippen LogP contribution is -2.40. The molecule has 0 radical (unpaired) electrons. The highest BCUT2D eigenvalue weighted by Gasteiger charge is 2.24. The maximum Gasteiger partial charge on any atom is 0.217 e. The van der Waals surface area contributed by atoms with E-state index in [0.717, 1.165) is 19.3 Å². The van der Waals surface area contributed by atoms with E-state index < -0.39 is 0 Å². The Morgan fingerprint density at radius 1 is 1.40 bits per heavy atom. The zero-order valence-electron chi connectivity index (χ0n) is 13.3. The summed E-state index contributed by atoms with van der Waals surface area (Å²) in [6.45, 7) is 9.79. The quantitative estimate of drug-likeness (QED) is 0.747. The van der Waals surface area contributed by atoms with Crippen LogP contribution in [0.1, 0.15) is 53.9 Å². The van der Waals surface area contributed by atoms with E-state index in [-0.39, 0.29) is 29.1 Å². The minimum absolute atomic E-state index is 0.00944. The van der Waals surface area contributed by atoms with Gasteiger partial charge in [0.25, 0.3) is 0 Å². The van der Waals surface area contributed by atoms with Crippen molar-refractivity contribution < 1.29 is 9.59 Å². The Kier molecular flexibility index (Phi) is 5.73. The molecule has 3 nitrogen and oxygen atoms in total. The summed E-state index contributed by atoms with van der Waals surface area (Å²) in [6, 6.07) is -0.0887. The van der Waals surface area contributed by atoms with Crippen molar-refractivity contribution in [2.24, 2.45) is 11.3 Å². The SMILES string of the molecule is CC(=O)NC1CC/C(C)=C/CC(C)(C)/C=C/C(=O)[C@H]1C. The Morgan fingerprint density at radius 3 is 2.65 bits per heavy atom. The van der Waals surface area contributed by atoms with E-state index in [1.165, 1.54) is 12.5 Å². The first kappa shape index (κ1) is 16.7. The molecular weight excluding hydrogens is 250 g/mol. The highest BCUT2D eigenvalue weighted by Crippen LogP contribution is 2.26. The van der Waals surface area contributed by atoms with E-state index >= 15 is 0 Å². The van der Waals surface area contributed by atoms with Gasteiger partial charge < -0.3 is 5.32 Å². The van der Waals surface area contributed by atoms with Crippen LogP contribution >= 0.6 is 0 Å². The zero-order valence-corrected chi connectivity index (χ0v) is 13.3. The van der Waals surface area contributed by atoms with E-state index in [1.54, 1.807) is 6.08 Å². The third-order valence-corrected chi connectivity index (χ3v) is 3.97. The van der Waals surface area contributed by atoms with E-state index in [2.05, 4.69) is 32.2 Å². The molecule has 1 amide bonds. The van der Waals surface area contributed by atoms with E-state index in [1.807, 2.05) is 13.0 Å². The molecule has 2 atom stereocenters. The second-order valence-corrected chi connectivity index (χ2v) is 6.61. The fraction of sp³-hybridized carbons (Fsp3) is 0.647. The molecule has 1 aliphatic rings. The van der Waals surface area contributed by atoms with Crippen LogP contribution in [-0.4, -0.2) is 17.7 Å². The second-order valence-electron chi connectivity index (χ2n) is 6.61. The Balaban J connectivity index is 2.99. The van der Waals surface area contributed by atoms with Crippen LogP contribution in [0.25, 0.3) is 0 Å². The predicted octanol–water partition coefficient (Wildman–Crippen LogP) is 3.41. The molecule has 0 fully saturated rings. The van der Waals surface area contributed by atoms with Gasteiger partial charge in [0.15, 0.2) is 5.78 Å². The molecule has 20 heavy (non-hydrogen) atoms. The molecule has 0 spiro atoms. The van der Waals surface area contributed by atoms with Gasteiger partial charge in [-0.1, -0.05) is 38.5 Å². The lowest BCUT2D eigenvalue weighted by molar-refractivity contribution is -0.122. The normalized spacial score (nSPS) is 31.6. The van der Waals surface area contributed by atoms with Crippen molar-refractivity contribution >= 4 is 11.7 Å². The first-order chi connectivity index (χ1) is 9.21. The van der Waals surface area contributed by atoms with Gasteiger partial charge in [0.2, 0.25) is 5.91 Å². The fourth-order valence-electron chi connectivity index (χ4n) is 2.36. The first-order valence-electron chi connectivity index (χ1n) is 7.37. The van der Waals surface area contributed by atoms with Crippen molar-refractivity contribution in [2.75, 3.05) is 0 Å². The molecule has 1 aliphatic carbocycles. The zero-order chi connectivity index (χ0) is 15.3. The van der Waals surface area contributed by atoms with Crippen LogP contribution in [0, 0.1) is 11.3 Å². The van der Waals surface area contributed by atoms with Gasteiger partial charge in [-0.2, -0.15) is 0 Å². The van der Waals surface area contributed by atoms with E-state index in [9.17, 15) is 9.59 Å². The average molecular weight is 277 g/mol. The van der Waals surface area contributed by atoms with Crippen molar-refractivity contribution in [1.82, 2.24) is 5.32 Å². The molecule has 1 N–H and O–H groups in total. The van der Waals surface area contributed by atoms with E-state index in [4.69, 9.17) is 0 Å². The molecule has 1 rings (SSSR count).